The summed E-state index contributed by atoms with van der Waals surface area (Å²) >= 11 is 5.87. The van der Waals surface area contributed by atoms with Crippen molar-refractivity contribution in [3.05, 3.63) is 94.5 Å². The zero-order chi connectivity index (χ0) is 29.0. The van der Waals surface area contributed by atoms with Crippen molar-refractivity contribution in [2.24, 2.45) is 0 Å². The van der Waals surface area contributed by atoms with Crippen LogP contribution in [0, 0.1) is 10.6 Å². The number of hydrogen-bond donors (Lipinski definition) is 0. The molecule has 2 heterocycles. The Morgan fingerprint density at radius 2 is 1.71 bits per heavy atom. The van der Waals surface area contributed by atoms with E-state index in [0.717, 1.165) is 16.9 Å². The van der Waals surface area contributed by atoms with Crippen LogP contribution in [0.4, 0.5) is 4.39 Å². The topological polar surface area (TPSA) is 81.8 Å². The maximum absolute atomic E-state index is 13.6. The standard InChI is InChI=1S/C29H32FN5O4S2/c1-32(19-22-8-12-26(38-2)13-9-22)21-35-29(40)34(20-23-6-10-25(30)11-7-23)28(31-35)24-4-3-5-27(18-24)41(36,37)33-14-16-39-17-15-33/h3-13,18H,14-17,19-21H2,1-2H3. The van der Waals surface area contributed by atoms with Gasteiger partial charge in [0, 0.05) is 25.2 Å². The molecule has 12 heteroatoms. The monoisotopic (exact) mass is 597 g/mol. The van der Waals surface area contributed by atoms with Crippen LogP contribution in [0.2, 0.25) is 0 Å². The molecule has 1 aliphatic rings. The lowest BCUT2D eigenvalue weighted by molar-refractivity contribution is 0.0730. The molecule has 0 saturated carbocycles. The van der Waals surface area contributed by atoms with E-state index in [9.17, 15) is 12.8 Å². The number of aromatic nitrogens is 3. The van der Waals surface area contributed by atoms with Crippen LogP contribution in [0.1, 0.15) is 11.1 Å². The second kappa shape index (κ2) is 12.6. The summed E-state index contributed by atoms with van der Waals surface area (Å²) in [4.78, 5) is 2.26. The van der Waals surface area contributed by atoms with Crippen LogP contribution >= 0.6 is 12.2 Å². The summed E-state index contributed by atoms with van der Waals surface area (Å²) in [5.41, 5.74) is 2.56. The van der Waals surface area contributed by atoms with Crippen molar-refractivity contribution < 1.29 is 22.3 Å². The largest absolute Gasteiger partial charge is 0.497 e. The highest BCUT2D eigenvalue weighted by Crippen LogP contribution is 2.26. The Hall–Kier alpha value is -3.42. The zero-order valence-corrected chi connectivity index (χ0v) is 24.6. The number of halogens is 1. The van der Waals surface area contributed by atoms with Crippen molar-refractivity contribution in [1.29, 1.82) is 0 Å². The maximum atomic E-state index is 13.6. The quantitative estimate of drug-likeness (QED) is 0.251. The highest BCUT2D eigenvalue weighted by molar-refractivity contribution is 7.89. The van der Waals surface area contributed by atoms with Gasteiger partial charge in [-0.05, 0) is 66.8 Å². The molecule has 1 fully saturated rings. The van der Waals surface area contributed by atoms with Crippen molar-refractivity contribution in [1.82, 2.24) is 23.6 Å². The van der Waals surface area contributed by atoms with Crippen LogP contribution in [-0.2, 0) is 34.5 Å². The molecule has 0 atom stereocenters. The molecule has 1 aromatic heterocycles. The fourth-order valence-electron chi connectivity index (χ4n) is 4.71. The number of ether oxygens (including phenoxy) is 2. The Kier molecular flexibility index (Phi) is 8.95. The van der Waals surface area contributed by atoms with Gasteiger partial charge in [0.1, 0.15) is 11.6 Å². The highest BCUT2D eigenvalue weighted by atomic mass is 32.2. The van der Waals surface area contributed by atoms with Crippen LogP contribution < -0.4 is 4.74 Å². The van der Waals surface area contributed by atoms with Crippen molar-refractivity contribution >= 4 is 22.2 Å². The molecule has 0 amide bonds. The van der Waals surface area contributed by atoms with Crippen molar-refractivity contribution in [3.63, 3.8) is 0 Å². The maximum Gasteiger partial charge on any atom is 0.243 e. The molecule has 1 saturated heterocycles. The second-order valence-electron chi connectivity index (χ2n) is 9.87. The number of hydrogen-bond acceptors (Lipinski definition) is 7. The lowest BCUT2D eigenvalue weighted by atomic mass is 10.2. The zero-order valence-electron chi connectivity index (χ0n) is 22.9. The van der Waals surface area contributed by atoms with E-state index in [-0.39, 0.29) is 10.7 Å². The van der Waals surface area contributed by atoms with E-state index < -0.39 is 10.0 Å². The van der Waals surface area contributed by atoms with E-state index in [1.807, 2.05) is 41.9 Å². The third-order valence-corrected chi connectivity index (χ3v) is 9.19. The van der Waals surface area contributed by atoms with Crippen LogP contribution in [0.15, 0.2) is 77.7 Å². The predicted octanol–water partition coefficient (Wildman–Crippen LogP) is 4.39. The Balaban J connectivity index is 1.48. The fourth-order valence-corrected chi connectivity index (χ4v) is 6.42. The Bertz CT molecular complexity index is 1650. The lowest BCUT2D eigenvalue weighted by Crippen LogP contribution is -2.40. The second-order valence-corrected chi connectivity index (χ2v) is 12.2. The van der Waals surface area contributed by atoms with Gasteiger partial charge in [-0.2, -0.15) is 9.40 Å². The first kappa shape index (κ1) is 29.1. The molecule has 41 heavy (non-hydrogen) atoms. The Morgan fingerprint density at radius 3 is 2.39 bits per heavy atom. The summed E-state index contributed by atoms with van der Waals surface area (Å²) in [5.74, 6) is 0.992. The number of benzene rings is 3. The molecule has 4 aromatic rings. The van der Waals surface area contributed by atoms with Gasteiger partial charge >= 0.3 is 0 Å². The number of sulfonamides is 1. The minimum Gasteiger partial charge on any atom is -0.497 e. The van der Waals surface area contributed by atoms with Gasteiger partial charge in [0.15, 0.2) is 10.6 Å². The third-order valence-electron chi connectivity index (χ3n) is 6.86. The van der Waals surface area contributed by atoms with Gasteiger partial charge in [-0.25, -0.2) is 17.5 Å². The van der Waals surface area contributed by atoms with E-state index in [4.69, 9.17) is 26.8 Å². The van der Waals surface area contributed by atoms with Gasteiger partial charge in [0.25, 0.3) is 0 Å². The average molecular weight is 598 g/mol. The summed E-state index contributed by atoms with van der Waals surface area (Å²) < 4.78 is 56.4. The third kappa shape index (κ3) is 6.74. The van der Waals surface area contributed by atoms with Crippen molar-refractivity contribution in [2.45, 2.75) is 24.7 Å². The van der Waals surface area contributed by atoms with Crippen LogP contribution in [0.5, 0.6) is 5.75 Å². The molecule has 0 spiro atoms. The van der Waals surface area contributed by atoms with E-state index in [1.54, 1.807) is 42.1 Å². The number of morpholine rings is 1. The molecule has 1 aliphatic heterocycles. The van der Waals surface area contributed by atoms with Gasteiger partial charge in [-0.15, -0.1) is 0 Å². The SMILES string of the molecule is COc1ccc(CN(C)Cn2nc(-c3cccc(S(=O)(=O)N4CCOCC4)c3)n(Cc3ccc(F)cc3)c2=S)cc1. The molecule has 0 bridgehead atoms. The minimum absolute atomic E-state index is 0.183. The van der Waals surface area contributed by atoms with Gasteiger partial charge in [-0.3, -0.25) is 9.47 Å². The van der Waals surface area contributed by atoms with Gasteiger partial charge in [-0.1, -0.05) is 36.4 Å². The Morgan fingerprint density at radius 1 is 1.02 bits per heavy atom. The van der Waals surface area contributed by atoms with Crippen LogP contribution in [0.3, 0.4) is 0 Å². The summed E-state index contributed by atoms with van der Waals surface area (Å²) in [5, 5.41) is 4.85. The van der Waals surface area contributed by atoms with Crippen molar-refractivity contribution in [3.8, 4) is 17.1 Å². The average Bonchev–Trinajstić information content (AvgIpc) is 3.29. The molecule has 0 unspecified atom stereocenters. The molecule has 0 radical (unpaired) electrons. The molecular formula is C29H32FN5O4S2. The summed E-state index contributed by atoms with van der Waals surface area (Å²) in [7, 11) is -0.0986. The highest BCUT2D eigenvalue weighted by Gasteiger charge is 2.27. The molecule has 5 rings (SSSR count). The predicted molar refractivity (Wildman–Crippen MR) is 156 cm³/mol. The first-order chi connectivity index (χ1) is 19.7. The molecular weight excluding hydrogens is 565 g/mol. The molecule has 0 N–H and O–H groups in total. The number of nitrogens with zero attached hydrogens (tertiary/aromatic N) is 5. The van der Waals surface area contributed by atoms with E-state index in [1.165, 1.54) is 16.4 Å². The van der Waals surface area contributed by atoms with Gasteiger partial charge < -0.3 is 9.47 Å². The smallest absolute Gasteiger partial charge is 0.243 e. The lowest BCUT2D eigenvalue weighted by Gasteiger charge is -2.26. The summed E-state index contributed by atoms with van der Waals surface area (Å²) in [6.07, 6.45) is 0. The minimum atomic E-state index is -3.71. The summed E-state index contributed by atoms with van der Waals surface area (Å²) in [6, 6.07) is 20.8. The number of rotatable bonds is 10. The molecule has 3 aromatic carbocycles. The normalized spacial score (nSPS) is 14.4. The van der Waals surface area contributed by atoms with Gasteiger partial charge in [0.05, 0.1) is 38.4 Å². The van der Waals surface area contributed by atoms with Crippen molar-refractivity contribution in [2.75, 3.05) is 40.5 Å². The molecule has 0 aliphatic carbocycles. The van der Waals surface area contributed by atoms with Gasteiger partial charge in [0.2, 0.25) is 10.0 Å². The van der Waals surface area contributed by atoms with E-state index in [2.05, 4.69) is 4.90 Å². The fraction of sp³-hybridized carbons (Fsp3) is 0.310. The molecule has 216 valence electrons. The van der Waals surface area contributed by atoms with E-state index in [0.29, 0.717) is 62.2 Å². The number of methoxy groups -OCH3 is 1. The Labute approximate surface area is 244 Å². The van der Waals surface area contributed by atoms with Crippen LogP contribution in [0.25, 0.3) is 11.4 Å². The first-order valence-corrected chi connectivity index (χ1v) is 15.0. The molecule has 9 nitrogen and oxygen atoms in total. The summed E-state index contributed by atoms with van der Waals surface area (Å²) in [6.45, 7) is 2.75. The van der Waals surface area contributed by atoms with Crippen LogP contribution in [-0.4, -0.2) is 72.4 Å². The first-order valence-electron chi connectivity index (χ1n) is 13.2. The van der Waals surface area contributed by atoms with E-state index >= 15 is 0 Å².